The lowest BCUT2D eigenvalue weighted by molar-refractivity contribution is -0.384. The van der Waals surface area contributed by atoms with Gasteiger partial charge in [0.2, 0.25) is 0 Å². The first-order valence-corrected chi connectivity index (χ1v) is 11.8. The summed E-state index contributed by atoms with van der Waals surface area (Å²) in [5.74, 6) is -5.78. The maximum Gasteiger partial charge on any atom is 0.320 e. The van der Waals surface area contributed by atoms with E-state index in [1.165, 1.54) is 12.1 Å². The molecule has 0 spiro atoms. The maximum atomic E-state index is 13.8. The van der Waals surface area contributed by atoms with Crippen molar-refractivity contribution in [2.75, 3.05) is 17.2 Å². The fourth-order valence-corrected chi connectivity index (χ4v) is 3.99. The zero-order chi connectivity index (χ0) is 28.1. The monoisotopic (exact) mass is 549 g/mol. The van der Waals surface area contributed by atoms with Crippen LogP contribution >= 0.6 is 0 Å². The van der Waals surface area contributed by atoms with Gasteiger partial charge in [0.15, 0.2) is 11.6 Å². The molecule has 0 radical (unpaired) electrons. The maximum absolute atomic E-state index is 13.8. The van der Waals surface area contributed by atoms with Crippen molar-refractivity contribution in [1.29, 1.82) is 0 Å². The number of nitro benzene ring substituents is 1. The number of rotatable bonds is 9. The molecule has 4 rings (SSSR count). The van der Waals surface area contributed by atoms with E-state index in [1.807, 2.05) is 0 Å². The fourth-order valence-electron chi connectivity index (χ4n) is 3.99. The van der Waals surface area contributed by atoms with Crippen LogP contribution in [-0.2, 0) is 9.53 Å². The van der Waals surface area contributed by atoms with Crippen LogP contribution in [0.5, 0.6) is 5.75 Å². The van der Waals surface area contributed by atoms with Gasteiger partial charge in [-0.05, 0) is 44.7 Å². The Bertz CT molecular complexity index is 1390. The molecule has 39 heavy (non-hydrogen) atoms. The van der Waals surface area contributed by atoms with Crippen molar-refractivity contribution in [3.63, 3.8) is 0 Å². The van der Waals surface area contributed by atoms with Gasteiger partial charge in [-0.25, -0.2) is 13.2 Å². The third kappa shape index (κ3) is 6.61. The first-order valence-electron chi connectivity index (χ1n) is 11.8. The van der Waals surface area contributed by atoms with Gasteiger partial charge in [0, 0.05) is 12.1 Å². The summed E-state index contributed by atoms with van der Waals surface area (Å²) in [6.07, 6.45) is 2.03. The highest BCUT2D eigenvalue weighted by Gasteiger charge is 2.29. The van der Waals surface area contributed by atoms with Crippen LogP contribution in [0.15, 0.2) is 34.7 Å². The minimum absolute atomic E-state index is 0.192. The van der Waals surface area contributed by atoms with Crippen LogP contribution in [0.2, 0.25) is 0 Å². The van der Waals surface area contributed by atoms with Crippen molar-refractivity contribution in [2.45, 2.75) is 38.7 Å². The second-order valence-corrected chi connectivity index (χ2v) is 8.52. The van der Waals surface area contributed by atoms with Crippen LogP contribution in [0, 0.1) is 33.5 Å². The lowest BCUT2D eigenvalue weighted by Crippen LogP contribution is -2.29. The number of aromatic nitrogens is 2. The van der Waals surface area contributed by atoms with Crippen LogP contribution in [0.1, 0.15) is 43.3 Å². The molecular formula is C24H22F3N5O7. The molecule has 0 saturated heterocycles. The fraction of sp³-hybridized carbons (Fsp3) is 0.333. The summed E-state index contributed by atoms with van der Waals surface area (Å²) in [5, 5.41) is 23.1. The summed E-state index contributed by atoms with van der Waals surface area (Å²) in [5.41, 5.74) is -1.18. The number of halogens is 3. The predicted molar refractivity (Wildman–Crippen MR) is 128 cm³/mol. The molecule has 0 aliphatic heterocycles. The molecule has 3 aromatic rings. The minimum Gasteiger partial charge on any atom is -0.490 e. The van der Waals surface area contributed by atoms with Gasteiger partial charge in [-0.2, -0.15) is 0 Å². The number of esters is 1. The number of carbonyl (C=O) groups excluding carboxylic acids is 2. The molecule has 206 valence electrons. The summed E-state index contributed by atoms with van der Waals surface area (Å²) < 4.78 is 56.3. The number of amides is 1. The molecule has 2 aromatic carbocycles. The van der Waals surface area contributed by atoms with Crippen molar-refractivity contribution in [2.24, 2.45) is 5.92 Å². The van der Waals surface area contributed by atoms with E-state index in [2.05, 4.69) is 20.8 Å². The van der Waals surface area contributed by atoms with E-state index < -0.39 is 51.6 Å². The Morgan fingerprint density at radius 1 is 1.05 bits per heavy atom. The van der Waals surface area contributed by atoms with E-state index in [1.54, 1.807) is 6.92 Å². The summed E-state index contributed by atoms with van der Waals surface area (Å²) in [6, 6.07) is 4.17. The summed E-state index contributed by atoms with van der Waals surface area (Å²) in [6.45, 7) is 2.05. The molecule has 1 fully saturated rings. The zero-order valence-corrected chi connectivity index (χ0v) is 20.4. The largest absolute Gasteiger partial charge is 0.490 e. The first kappa shape index (κ1) is 27.3. The van der Waals surface area contributed by atoms with Crippen molar-refractivity contribution >= 4 is 35.0 Å². The number of nitrogens with one attached hydrogen (secondary N) is 2. The van der Waals surface area contributed by atoms with E-state index in [4.69, 9.17) is 13.9 Å². The number of hydrogen-bond donors (Lipinski definition) is 2. The first-order chi connectivity index (χ1) is 18.6. The predicted octanol–water partition coefficient (Wildman–Crippen LogP) is 4.89. The van der Waals surface area contributed by atoms with Gasteiger partial charge in [-0.15, -0.1) is 5.10 Å². The molecule has 2 N–H and O–H groups in total. The number of anilines is 3. The second-order valence-electron chi connectivity index (χ2n) is 8.52. The molecule has 1 aliphatic carbocycles. The van der Waals surface area contributed by atoms with Gasteiger partial charge in [-0.3, -0.25) is 19.7 Å². The van der Waals surface area contributed by atoms with E-state index in [-0.39, 0.29) is 29.4 Å². The topological polar surface area (TPSA) is 159 Å². The van der Waals surface area contributed by atoms with Gasteiger partial charge in [0.1, 0.15) is 17.3 Å². The van der Waals surface area contributed by atoms with Crippen LogP contribution in [0.4, 0.5) is 36.2 Å². The van der Waals surface area contributed by atoms with Gasteiger partial charge in [-0.1, -0.05) is 5.10 Å². The third-order valence-corrected chi connectivity index (χ3v) is 5.88. The molecule has 15 heteroatoms. The zero-order valence-electron chi connectivity index (χ0n) is 20.4. The van der Waals surface area contributed by atoms with Gasteiger partial charge < -0.3 is 24.5 Å². The standard InChI is InChI=1S/C24H22F3N5O7/c1-2-37-23(34)12-3-5-13(6-4-12)38-14-7-8-18(20(9-14)32(35)36)28-21(33)22-30-31-24(39-22)29-19-11-16(26)15(25)10-17(19)27/h7-13H,2-6H2,1H3,(H,28,33)(H,29,31)/t12-,13-. The smallest absolute Gasteiger partial charge is 0.320 e. The molecule has 1 saturated carbocycles. The second kappa shape index (κ2) is 11.8. The molecular weight excluding hydrogens is 527 g/mol. The molecule has 12 nitrogen and oxygen atoms in total. The minimum atomic E-state index is -1.40. The van der Waals surface area contributed by atoms with Crippen LogP contribution < -0.4 is 15.4 Å². The Morgan fingerprint density at radius 3 is 2.46 bits per heavy atom. The summed E-state index contributed by atoms with van der Waals surface area (Å²) in [4.78, 5) is 35.4. The van der Waals surface area contributed by atoms with Gasteiger partial charge in [0.05, 0.1) is 35.3 Å². The van der Waals surface area contributed by atoms with Crippen LogP contribution in [-0.4, -0.2) is 39.7 Å². The molecule has 0 bridgehead atoms. The highest BCUT2D eigenvalue weighted by atomic mass is 19.2. The normalized spacial score (nSPS) is 16.8. The lowest BCUT2D eigenvalue weighted by Gasteiger charge is -2.27. The number of hydrogen-bond acceptors (Lipinski definition) is 10. The van der Waals surface area contributed by atoms with E-state index >= 15 is 0 Å². The van der Waals surface area contributed by atoms with Gasteiger partial charge >= 0.3 is 23.8 Å². The summed E-state index contributed by atoms with van der Waals surface area (Å²) >= 11 is 0. The van der Waals surface area contributed by atoms with E-state index in [0.717, 1.165) is 6.07 Å². The SMILES string of the molecule is CCOC(=O)[C@H]1CC[C@H](Oc2ccc(NC(=O)c3nnc(Nc4cc(F)c(F)cc4F)o3)c([N+](=O)[O-])c2)CC1. The van der Waals surface area contributed by atoms with Crippen molar-refractivity contribution in [3.8, 4) is 5.75 Å². The molecule has 1 aliphatic rings. The van der Waals surface area contributed by atoms with Crippen molar-refractivity contribution in [1.82, 2.24) is 10.2 Å². The quantitative estimate of drug-likeness (QED) is 0.163. The highest BCUT2D eigenvalue weighted by molar-refractivity contribution is 6.02. The number of nitrogens with zero attached hydrogens (tertiary/aromatic N) is 3. The average molecular weight is 549 g/mol. The Hall–Kier alpha value is -4.69. The van der Waals surface area contributed by atoms with E-state index in [0.29, 0.717) is 44.4 Å². The molecule has 0 atom stereocenters. The Balaban J connectivity index is 1.40. The Labute approximate surface area is 218 Å². The molecule has 1 aromatic heterocycles. The van der Waals surface area contributed by atoms with Crippen molar-refractivity contribution in [3.05, 3.63) is 63.8 Å². The van der Waals surface area contributed by atoms with E-state index in [9.17, 15) is 32.9 Å². The average Bonchev–Trinajstić information content (AvgIpc) is 3.37. The number of ether oxygens (including phenoxy) is 2. The van der Waals surface area contributed by atoms with Crippen LogP contribution in [0.25, 0.3) is 0 Å². The Morgan fingerprint density at radius 2 is 1.77 bits per heavy atom. The van der Waals surface area contributed by atoms with Gasteiger partial charge in [0.25, 0.3) is 5.69 Å². The number of benzene rings is 2. The molecule has 1 amide bonds. The molecule has 1 heterocycles. The van der Waals surface area contributed by atoms with Crippen molar-refractivity contribution < 1.29 is 41.6 Å². The molecule has 0 unspecified atom stereocenters. The van der Waals surface area contributed by atoms with Crippen LogP contribution in [0.3, 0.4) is 0 Å². The number of nitro groups is 1. The third-order valence-electron chi connectivity index (χ3n) is 5.88. The lowest BCUT2D eigenvalue weighted by atomic mass is 9.87. The number of carbonyl (C=O) groups is 2. The highest BCUT2D eigenvalue weighted by Crippen LogP contribution is 2.33. The summed E-state index contributed by atoms with van der Waals surface area (Å²) in [7, 11) is 0. The Kier molecular flexibility index (Phi) is 8.27.